The van der Waals surface area contributed by atoms with Gasteiger partial charge in [0.2, 0.25) is 5.89 Å². The van der Waals surface area contributed by atoms with E-state index < -0.39 is 5.82 Å². The van der Waals surface area contributed by atoms with E-state index in [0.29, 0.717) is 18.0 Å². The minimum Gasteiger partial charge on any atom is -0.494 e. The van der Waals surface area contributed by atoms with E-state index in [9.17, 15) is 4.39 Å². The van der Waals surface area contributed by atoms with Gasteiger partial charge in [-0.25, -0.2) is 14.0 Å². The molecule has 1 fully saturated rings. The van der Waals surface area contributed by atoms with Crippen molar-refractivity contribution in [1.29, 1.82) is 0 Å². The maximum absolute atomic E-state index is 13.6. The van der Waals surface area contributed by atoms with Gasteiger partial charge < -0.3 is 14.1 Å². The molecule has 0 amide bonds. The van der Waals surface area contributed by atoms with Crippen LogP contribution in [-0.2, 0) is 6.54 Å². The molecule has 0 N–H and O–H groups in total. The molecule has 0 aliphatic carbocycles. The highest BCUT2D eigenvalue weighted by Crippen LogP contribution is 2.28. The molecule has 0 unspecified atom stereocenters. The standard InChI is InChI=1S/C19H22FN5O3/c1-12-18(23-28-22-12)25-8-6-24(7-9-25)11-16-13(2)27-19(21-16)14-4-5-15(20)17(10-14)26-3/h4-5,10H,6-9,11H2,1-3H3. The van der Waals surface area contributed by atoms with Crippen molar-refractivity contribution < 1.29 is 18.2 Å². The lowest BCUT2D eigenvalue weighted by Gasteiger charge is -2.34. The lowest BCUT2D eigenvalue weighted by atomic mass is 10.2. The molecule has 0 radical (unpaired) electrons. The summed E-state index contributed by atoms with van der Waals surface area (Å²) in [5.74, 6) is 1.80. The van der Waals surface area contributed by atoms with Crippen LogP contribution >= 0.6 is 0 Å². The molecule has 1 aliphatic heterocycles. The average Bonchev–Trinajstić information content (AvgIpc) is 3.29. The molecule has 1 saturated heterocycles. The van der Waals surface area contributed by atoms with Crippen LogP contribution in [0.4, 0.5) is 10.2 Å². The number of piperazine rings is 1. The average molecular weight is 387 g/mol. The van der Waals surface area contributed by atoms with Gasteiger partial charge >= 0.3 is 0 Å². The van der Waals surface area contributed by atoms with Crippen molar-refractivity contribution in [3.05, 3.63) is 41.2 Å². The molecule has 1 aliphatic rings. The number of oxazole rings is 1. The SMILES string of the molecule is COc1cc(-c2nc(CN3CCN(c4nonc4C)CC3)c(C)o2)ccc1F. The van der Waals surface area contributed by atoms with Crippen molar-refractivity contribution in [3.63, 3.8) is 0 Å². The van der Waals surface area contributed by atoms with Gasteiger partial charge in [0, 0.05) is 38.3 Å². The summed E-state index contributed by atoms with van der Waals surface area (Å²) < 4.78 is 29.3. The molecule has 9 heteroatoms. The molecule has 0 spiro atoms. The molecule has 0 saturated carbocycles. The van der Waals surface area contributed by atoms with E-state index in [-0.39, 0.29) is 5.75 Å². The van der Waals surface area contributed by atoms with Crippen LogP contribution < -0.4 is 9.64 Å². The van der Waals surface area contributed by atoms with Gasteiger partial charge in [0.15, 0.2) is 17.4 Å². The van der Waals surface area contributed by atoms with Crippen LogP contribution in [0.1, 0.15) is 17.1 Å². The fourth-order valence-electron chi connectivity index (χ4n) is 3.33. The first-order valence-corrected chi connectivity index (χ1v) is 9.12. The first kappa shape index (κ1) is 18.4. The Kier molecular flexibility index (Phi) is 4.99. The maximum Gasteiger partial charge on any atom is 0.226 e. The summed E-state index contributed by atoms with van der Waals surface area (Å²) in [6.45, 7) is 7.91. The quantitative estimate of drug-likeness (QED) is 0.661. The highest BCUT2D eigenvalue weighted by atomic mass is 19.1. The molecule has 8 nitrogen and oxygen atoms in total. The summed E-state index contributed by atoms with van der Waals surface area (Å²) in [5.41, 5.74) is 2.37. The van der Waals surface area contributed by atoms with E-state index in [1.54, 1.807) is 12.1 Å². The van der Waals surface area contributed by atoms with Gasteiger partial charge in [-0.3, -0.25) is 4.90 Å². The summed E-state index contributed by atoms with van der Waals surface area (Å²) in [5, 5.41) is 7.82. The van der Waals surface area contributed by atoms with Gasteiger partial charge in [-0.15, -0.1) is 0 Å². The molecule has 148 valence electrons. The van der Waals surface area contributed by atoms with Crippen molar-refractivity contribution in [3.8, 4) is 17.2 Å². The molecule has 28 heavy (non-hydrogen) atoms. The highest BCUT2D eigenvalue weighted by Gasteiger charge is 2.23. The van der Waals surface area contributed by atoms with Gasteiger partial charge in [0.05, 0.1) is 12.8 Å². The zero-order valence-corrected chi connectivity index (χ0v) is 16.1. The molecule has 0 bridgehead atoms. The Morgan fingerprint density at radius 1 is 1.14 bits per heavy atom. The van der Waals surface area contributed by atoms with Gasteiger partial charge in [0.1, 0.15) is 11.5 Å². The van der Waals surface area contributed by atoms with E-state index in [1.807, 2.05) is 13.8 Å². The van der Waals surface area contributed by atoms with Gasteiger partial charge in [-0.1, -0.05) is 5.16 Å². The minimum absolute atomic E-state index is 0.170. The molecule has 3 heterocycles. The maximum atomic E-state index is 13.6. The number of benzene rings is 1. The number of hydrogen-bond donors (Lipinski definition) is 0. The number of ether oxygens (including phenoxy) is 1. The van der Waals surface area contributed by atoms with Crippen molar-refractivity contribution in [2.24, 2.45) is 0 Å². The highest BCUT2D eigenvalue weighted by molar-refractivity contribution is 5.56. The van der Waals surface area contributed by atoms with Crippen LogP contribution in [0.15, 0.2) is 27.2 Å². The third kappa shape index (κ3) is 3.57. The Labute approximate surface area is 161 Å². The number of anilines is 1. The Morgan fingerprint density at radius 2 is 1.93 bits per heavy atom. The topological polar surface area (TPSA) is 80.7 Å². The summed E-state index contributed by atoms with van der Waals surface area (Å²) in [4.78, 5) is 9.12. The second-order valence-corrected chi connectivity index (χ2v) is 6.81. The Hall–Kier alpha value is -2.94. The van der Waals surface area contributed by atoms with Crippen molar-refractivity contribution in [1.82, 2.24) is 20.2 Å². The van der Waals surface area contributed by atoms with Gasteiger partial charge in [-0.05, 0) is 37.2 Å². The molecule has 1 aromatic carbocycles. The number of hydrogen-bond acceptors (Lipinski definition) is 8. The molecular formula is C19H22FN5O3. The molecular weight excluding hydrogens is 365 g/mol. The monoisotopic (exact) mass is 387 g/mol. The first-order chi connectivity index (χ1) is 13.5. The second-order valence-electron chi connectivity index (χ2n) is 6.81. The fourth-order valence-corrected chi connectivity index (χ4v) is 3.33. The molecule has 0 atom stereocenters. The Morgan fingerprint density at radius 3 is 2.61 bits per heavy atom. The number of aryl methyl sites for hydroxylation is 2. The number of halogens is 1. The zero-order valence-electron chi connectivity index (χ0n) is 16.1. The van der Waals surface area contributed by atoms with Crippen molar-refractivity contribution >= 4 is 5.82 Å². The lowest BCUT2D eigenvalue weighted by Crippen LogP contribution is -2.46. The predicted octanol–water partition coefficient (Wildman–Crippen LogP) is 2.81. The smallest absolute Gasteiger partial charge is 0.226 e. The van der Waals surface area contributed by atoms with E-state index in [4.69, 9.17) is 13.8 Å². The van der Waals surface area contributed by atoms with Gasteiger partial charge in [-0.2, -0.15) is 0 Å². The van der Waals surface area contributed by atoms with Crippen molar-refractivity contribution in [2.45, 2.75) is 20.4 Å². The predicted molar refractivity (Wildman–Crippen MR) is 99.7 cm³/mol. The number of methoxy groups -OCH3 is 1. The molecule has 4 rings (SSSR count). The summed E-state index contributed by atoms with van der Waals surface area (Å²) in [6, 6.07) is 4.59. The normalized spacial score (nSPS) is 15.2. The summed E-state index contributed by atoms with van der Waals surface area (Å²) in [6.07, 6.45) is 0. The lowest BCUT2D eigenvalue weighted by molar-refractivity contribution is 0.243. The second kappa shape index (κ2) is 7.59. The van der Waals surface area contributed by atoms with Crippen LogP contribution in [-0.4, -0.2) is 53.5 Å². The summed E-state index contributed by atoms with van der Waals surface area (Å²) >= 11 is 0. The first-order valence-electron chi connectivity index (χ1n) is 9.12. The number of rotatable bonds is 5. The minimum atomic E-state index is -0.412. The van der Waals surface area contributed by atoms with E-state index in [2.05, 4.69) is 25.1 Å². The van der Waals surface area contributed by atoms with Crippen LogP contribution in [0.2, 0.25) is 0 Å². The summed E-state index contributed by atoms with van der Waals surface area (Å²) in [7, 11) is 1.44. The Balaban J connectivity index is 1.43. The zero-order chi connectivity index (χ0) is 19.7. The largest absolute Gasteiger partial charge is 0.494 e. The number of nitrogens with zero attached hydrogens (tertiary/aromatic N) is 5. The van der Waals surface area contributed by atoms with Crippen LogP contribution in [0, 0.1) is 19.7 Å². The van der Waals surface area contributed by atoms with Crippen LogP contribution in [0.5, 0.6) is 5.75 Å². The fraction of sp³-hybridized carbons (Fsp3) is 0.421. The third-order valence-electron chi connectivity index (χ3n) is 4.96. The van der Waals surface area contributed by atoms with Gasteiger partial charge in [0.25, 0.3) is 0 Å². The number of aromatic nitrogens is 3. The van der Waals surface area contributed by atoms with E-state index in [0.717, 1.165) is 49.1 Å². The van der Waals surface area contributed by atoms with Crippen LogP contribution in [0.3, 0.4) is 0 Å². The van der Waals surface area contributed by atoms with E-state index in [1.165, 1.54) is 13.2 Å². The molecule has 2 aromatic heterocycles. The van der Waals surface area contributed by atoms with Crippen LogP contribution in [0.25, 0.3) is 11.5 Å². The molecule has 3 aromatic rings. The van der Waals surface area contributed by atoms with E-state index >= 15 is 0 Å². The van der Waals surface area contributed by atoms with Crippen molar-refractivity contribution in [2.75, 3.05) is 38.2 Å². The Bertz CT molecular complexity index is 962. The third-order valence-corrected chi connectivity index (χ3v) is 4.96.